The van der Waals surface area contributed by atoms with Crippen molar-refractivity contribution in [2.75, 3.05) is 18.5 Å². The summed E-state index contributed by atoms with van der Waals surface area (Å²) in [4.78, 5) is 12.2. The number of benzene rings is 3. The number of hydrogen-bond acceptors (Lipinski definition) is 3. The maximum atomic E-state index is 12.2. The Bertz CT molecular complexity index is 943. The van der Waals surface area contributed by atoms with Gasteiger partial charge in [-0.3, -0.25) is 4.79 Å². The highest BCUT2D eigenvalue weighted by Gasteiger charge is 2.13. The second-order valence-electron chi connectivity index (χ2n) is 8.57. The predicted octanol–water partition coefficient (Wildman–Crippen LogP) is 6.01. The lowest BCUT2D eigenvalue weighted by molar-refractivity contribution is -0.118. The lowest BCUT2D eigenvalue weighted by atomic mass is 9.87. The second-order valence-corrected chi connectivity index (χ2v) is 8.57. The van der Waals surface area contributed by atoms with Crippen molar-refractivity contribution in [1.29, 1.82) is 0 Å². The van der Waals surface area contributed by atoms with E-state index in [9.17, 15) is 4.79 Å². The largest absolute Gasteiger partial charge is 0.494 e. The Kier molecular flexibility index (Phi) is 7.71. The Labute approximate surface area is 185 Å². The lowest BCUT2D eigenvalue weighted by Gasteiger charge is -2.19. The first-order valence-corrected chi connectivity index (χ1v) is 10.7. The summed E-state index contributed by atoms with van der Waals surface area (Å²) in [5.41, 5.74) is 3.35. The SMILES string of the molecule is CC(C)(C)c1ccc(OCC(=O)Nc2ccc(OCCCc3ccccc3)cc2)cc1. The van der Waals surface area contributed by atoms with Crippen LogP contribution in [0.4, 0.5) is 5.69 Å². The summed E-state index contributed by atoms with van der Waals surface area (Å²) >= 11 is 0. The molecular weight excluding hydrogens is 386 g/mol. The van der Waals surface area contributed by atoms with E-state index in [2.05, 4.69) is 50.4 Å². The summed E-state index contributed by atoms with van der Waals surface area (Å²) in [6.07, 6.45) is 1.95. The van der Waals surface area contributed by atoms with Gasteiger partial charge in [-0.1, -0.05) is 63.2 Å². The molecule has 0 aliphatic carbocycles. The molecule has 1 N–H and O–H groups in total. The van der Waals surface area contributed by atoms with Crippen molar-refractivity contribution in [3.8, 4) is 11.5 Å². The fourth-order valence-electron chi connectivity index (χ4n) is 3.14. The van der Waals surface area contributed by atoms with Crippen molar-refractivity contribution in [3.63, 3.8) is 0 Å². The Morgan fingerprint density at radius 1 is 0.806 bits per heavy atom. The number of nitrogens with one attached hydrogen (secondary N) is 1. The molecule has 3 aromatic rings. The molecule has 0 unspecified atom stereocenters. The van der Waals surface area contributed by atoms with Crippen LogP contribution in [0, 0.1) is 0 Å². The van der Waals surface area contributed by atoms with Crippen molar-refractivity contribution < 1.29 is 14.3 Å². The van der Waals surface area contributed by atoms with Gasteiger partial charge >= 0.3 is 0 Å². The van der Waals surface area contributed by atoms with E-state index < -0.39 is 0 Å². The summed E-state index contributed by atoms with van der Waals surface area (Å²) in [6.45, 7) is 7.11. The molecule has 0 atom stereocenters. The van der Waals surface area contributed by atoms with Gasteiger partial charge in [0.1, 0.15) is 11.5 Å². The Hall–Kier alpha value is -3.27. The molecule has 4 heteroatoms. The smallest absolute Gasteiger partial charge is 0.262 e. The first-order chi connectivity index (χ1) is 14.9. The van der Waals surface area contributed by atoms with E-state index in [4.69, 9.17) is 9.47 Å². The Morgan fingerprint density at radius 2 is 1.42 bits per heavy atom. The molecule has 31 heavy (non-hydrogen) atoms. The summed E-state index contributed by atoms with van der Waals surface area (Å²) in [7, 11) is 0. The van der Waals surface area contributed by atoms with Gasteiger partial charge in [0.2, 0.25) is 0 Å². The van der Waals surface area contributed by atoms with Crippen molar-refractivity contribution in [1.82, 2.24) is 0 Å². The quantitative estimate of drug-likeness (QED) is 0.434. The predicted molar refractivity (Wildman–Crippen MR) is 126 cm³/mol. The van der Waals surface area contributed by atoms with Crippen LogP contribution in [0.5, 0.6) is 11.5 Å². The van der Waals surface area contributed by atoms with Crippen LogP contribution in [0.3, 0.4) is 0 Å². The van der Waals surface area contributed by atoms with Crippen molar-refractivity contribution in [2.24, 2.45) is 0 Å². The molecule has 0 aliphatic heterocycles. The van der Waals surface area contributed by atoms with Gasteiger partial charge in [-0.25, -0.2) is 0 Å². The van der Waals surface area contributed by atoms with E-state index in [0.717, 1.165) is 18.6 Å². The summed E-state index contributed by atoms with van der Waals surface area (Å²) in [6, 6.07) is 25.7. The number of rotatable bonds is 9. The minimum absolute atomic E-state index is 0.0351. The Balaban J connectivity index is 1.38. The molecule has 0 fully saturated rings. The van der Waals surface area contributed by atoms with E-state index in [1.165, 1.54) is 11.1 Å². The zero-order valence-corrected chi connectivity index (χ0v) is 18.6. The van der Waals surface area contributed by atoms with Gasteiger partial charge in [0.15, 0.2) is 6.61 Å². The van der Waals surface area contributed by atoms with Crippen molar-refractivity contribution in [3.05, 3.63) is 90.0 Å². The molecule has 0 spiro atoms. The first kappa shape index (κ1) is 22.4. The van der Waals surface area contributed by atoms with E-state index in [-0.39, 0.29) is 17.9 Å². The summed E-state index contributed by atoms with van der Waals surface area (Å²) < 4.78 is 11.4. The van der Waals surface area contributed by atoms with Crippen LogP contribution in [0.25, 0.3) is 0 Å². The number of carbonyl (C=O) groups excluding carboxylic acids is 1. The zero-order chi connectivity index (χ0) is 22.1. The van der Waals surface area contributed by atoms with Crippen LogP contribution in [-0.4, -0.2) is 19.1 Å². The average molecular weight is 418 g/mol. The minimum Gasteiger partial charge on any atom is -0.494 e. The number of ether oxygens (including phenoxy) is 2. The van der Waals surface area contributed by atoms with Crippen molar-refractivity contribution in [2.45, 2.75) is 39.0 Å². The van der Waals surface area contributed by atoms with Gasteiger partial charge in [-0.05, 0) is 65.8 Å². The number of anilines is 1. The maximum absolute atomic E-state index is 12.2. The van der Waals surface area contributed by atoms with Gasteiger partial charge in [0, 0.05) is 5.69 Å². The lowest BCUT2D eigenvalue weighted by Crippen LogP contribution is -2.20. The monoisotopic (exact) mass is 417 g/mol. The van der Waals surface area contributed by atoms with E-state index in [0.29, 0.717) is 18.0 Å². The topological polar surface area (TPSA) is 47.6 Å². The zero-order valence-electron chi connectivity index (χ0n) is 18.6. The van der Waals surface area contributed by atoms with Crippen LogP contribution in [0.2, 0.25) is 0 Å². The van der Waals surface area contributed by atoms with Crippen LogP contribution < -0.4 is 14.8 Å². The van der Waals surface area contributed by atoms with E-state index in [1.54, 1.807) is 0 Å². The molecule has 0 saturated carbocycles. The minimum atomic E-state index is -0.198. The van der Waals surface area contributed by atoms with Gasteiger partial charge in [-0.2, -0.15) is 0 Å². The third-order valence-corrected chi connectivity index (χ3v) is 4.95. The molecule has 0 radical (unpaired) electrons. The highest BCUT2D eigenvalue weighted by molar-refractivity contribution is 5.91. The van der Waals surface area contributed by atoms with Crippen LogP contribution in [0.1, 0.15) is 38.3 Å². The highest BCUT2D eigenvalue weighted by Crippen LogP contribution is 2.24. The van der Waals surface area contributed by atoms with E-state index in [1.807, 2.05) is 54.6 Å². The average Bonchev–Trinajstić information content (AvgIpc) is 2.77. The van der Waals surface area contributed by atoms with Crippen LogP contribution in [-0.2, 0) is 16.6 Å². The molecule has 4 nitrogen and oxygen atoms in total. The molecule has 0 aliphatic rings. The normalized spacial score (nSPS) is 11.1. The van der Waals surface area contributed by atoms with Gasteiger partial charge in [0.25, 0.3) is 5.91 Å². The third-order valence-electron chi connectivity index (χ3n) is 4.95. The number of aryl methyl sites for hydroxylation is 1. The van der Waals surface area contributed by atoms with E-state index >= 15 is 0 Å². The molecular formula is C27H31NO3. The van der Waals surface area contributed by atoms with Crippen molar-refractivity contribution >= 4 is 11.6 Å². The van der Waals surface area contributed by atoms with Crippen LogP contribution in [0.15, 0.2) is 78.9 Å². The molecule has 162 valence electrons. The second kappa shape index (κ2) is 10.7. The Morgan fingerprint density at radius 3 is 2.06 bits per heavy atom. The molecule has 0 aromatic heterocycles. The standard InChI is InChI=1S/C27H31NO3/c1-27(2,3)22-11-15-25(16-12-22)31-20-26(29)28-23-13-17-24(18-14-23)30-19-7-10-21-8-5-4-6-9-21/h4-6,8-9,11-18H,7,10,19-20H2,1-3H3,(H,28,29). The molecule has 0 saturated heterocycles. The van der Waals surface area contributed by atoms with Crippen LogP contribution >= 0.6 is 0 Å². The highest BCUT2D eigenvalue weighted by atomic mass is 16.5. The maximum Gasteiger partial charge on any atom is 0.262 e. The molecule has 0 bridgehead atoms. The third kappa shape index (κ3) is 7.49. The van der Waals surface area contributed by atoms with Gasteiger partial charge in [0.05, 0.1) is 6.61 Å². The summed E-state index contributed by atoms with van der Waals surface area (Å²) in [5.74, 6) is 1.28. The number of hydrogen-bond donors (Lipinski definition) is 1. The summed E-state index contributed by atoms with van der Waals surface area (Å²) in [5, 5.41) is 2.84. The first-order valence-electron chi connectivity index (χ1n) is 10.7. The fourth-order valence-corrected chi connectivity index (χ4v) is 3.14. The molecule has 1 amide bonds. The molecule has 3 rings (SSSR count). The fraction of sp³-hybridized carbons (Fsp3) is 0.296. The van der Waals surface area contributed by atoms with Gasteiger partial charge in [-0.15, -0.1) is 0 Å². The van der Waals surface area contributed by atoms with Gasteiger partial charge < -0.3 is 14.8 Å². The number of carbonyl (C=O) groups is 1. The molecule has 3 aromatic carbocycles. The molecule has 0 heterocycles. The number of amides is 1.